The topological polar surface area (TPSA) is 59.2 Å². The SMILES string of the molecule is CC1C(F)=CC(F)=C(C(=O)C(CC(=O)OC(C)(C)C)c2cccc3cc[nH]c23)C1F. The Morgan fingerprint density at radius 2 is 1.90 bits per heavy atom. The summed E-state index contributed by atoms with van der Waals surface area (Å²) in [6, 6.07) is 6.91. The second kappa shape index (κ2) is 8.13. The molecule has 0 bridgehead atoms. The van der Waals surface area contributed by atoms with Crippen LogP contribution in [0.3, 0.4) is 0 Å². The van der Waals surface area contributed by atoms with E-state index in [0.29, 0.717) is 17.2 Å². The van der Waals surface area contributed by atoms with Crippen LogP contribution < -0.4 is 0 Å². The molecule has 30 heavy (non-hydrogen) atoms. The molecule has 0 spiro atoms. The van der Waals surface area contributed by atoms with E-state index in [0.717, 1.165) is 5.39 Å². The molecular weight excluding hydrogens is 395 g/mol. The standard InChI is InChI=1S/C23H24F3NO3/c1-12-16(24)11-17(25)19(20(12)26)22(29)15(10-18(28)30-23(2,3)4)14-7-5-6-13-8-9-27-21(13)14/h5-9,11-12,15,20,27H,10H2,1-4H3. The van der Waals surface area contributed by atoms with E-state index in [1.54, 1.807) is 45.2 Å². The van der Waals surface area contributed by atoms with Crippen molar-refractivity contribution < 1.29 is 27.5 Å². The van der Waals surface area contributed by atoms with Crippen molar-refractivity contribution in [2.24, 2.45) is 5.92 Å². The maximum atomic E-state index is 14.8. The minimum atomic E-state index is -2.15. The fraction of sp³-hybridized carbons (Fsp3) is 0.391. The molecule has 4 nitrogen and oxygen atoms in total. The molecule has 3 unspecified atom stereocenters. The van der Waals surface area contributed by atoms with Crippen molar-refractivity contribution in [1.82, 2.24) is 4.98 Å². The van der Waals surface area contributed by atoms with E-state index in [9.17, 15) is 22.8 Å². The van der Waals surface area contributed by atoms with Crippen LogP contribution in [0.25, 0.3) is 10.9 Å². The van der Waals surface area contributed by atoms with Crippen LogP contribution in [0.5, 0.6) is 0 Å². The Kier molecular flexibility index (Phi) is 5.92. The van der Waals surface area contributed by atoms with Gasteiger partial charge in [0, 0.05) is 23.7 Å². The summed E-state index contributed by atoms with van der Waals surface area (Å²) < 4.78 is 48.4. The highest BCUT2D eigenvalue weighted by molar-refractivity contribution is 6.05. The molecule has 0 radical (unpaired) electrons. The predicted molar refractivity (Wildman–Crippen MR) is 108 cm³/mol. The molecule has 3 rings (SSSR count). The quantitative estimate of drug-likeness (QED) is 0.640. The van der Waals surface area contributed by atoms with Crippen molar-refractivity contribution in [2.45, 2.75) is 51.8 Å². The average molecular weight is 419 g/mol. The largest absolute Gasteiger partial charge is 0.460 e. The van der Waals surface area contributed by atoms with Crippen LogP contribution in [0, 0.1) is 5.92 Å². The van der Waals surface area contributed by atoms with Crippen LogP contribution in [0.4, 0.5) is 13.2 Å². The zero-order valence-electron chi connectivity index (χ0n) is 17.3. The molecular formula is C23H24F3NO3. The molecule has 1 aromatic carbocycles. The number of H-pyrrole nitrogens is 1. The van der Waals surface area contributed by atoms with Gasteiger partial charge in [0.15, 0.2) is 5.78 Å². The molecule has 7 heteroatoms. The minimum Gasteiger partial charge on any atom is -0.460 e. The van der Waals surface area contributed by atoms with Crippen molar-refractivity contribution in [3.8, 4) is 0 Å². The molecule has 1 N–H and O–H groups in total. The molecule has 0 aliphatic heterocycles. The third kappa shape index (κ3) is 4.35. The smallest absolute Gasteiger partial charge is 0.307 e. The number of esters is 1. The Morgan fingerprint density at radius 1 is 1.20 bits per heavy atom. The van der Waals surface area contributed by atoms with Crippen LogP contribution in [0.2, 0.25) is 0 Å². The van der Waals surface area contributed by atoms with Crippen molar-refractivity contribution in [1.29, 1.82) is 0 Å². The number of aromatic nitrogens is 1. The summed E-state index contributed by atoms with van der Waals surface area (Å²) in [7, 11) is 0. The molecule has 0 saturated heterocycles. The van der Waals surface area contributed by atoms with E-state index in [2.05, 4.69) is 4.98 Å². The van der Waals surface area contributed by atoms with Gasteiger partial charge < -0.3 is 9.72 Å². The van der Waals surface area contributed by atoms with Crippen molar-refractivity contribution in [3.63, 3.8) is 0 Å². The summed E-state index contributed by atoms with van der Waals surface area (Å²) in [6.07, 6.45) is -0.347. The van der Waals surface area contributed by atoms with Gasteiger partial charge in [-0.15, -0.1) is 0 Å². The van der Waals surface area contributed by atoms with Crippen LogP contribution >= 0.6 is 0 Å². The van der Waals surface area contributed by atoms with Gasteiger partial charge in [-0.25, -0.2) is 13.2 Å². The molecule has 1 aliphatic carbocycles. The second-order valence-electron chi connectivity index (χ2n) is 8.48. The number of aromatic amines is 1. The molecule has 3 atom stereocenters. The minimum absolute atomic E-state index is 0.404. The third-order valence-electron chi connectivity index (χ3n) is 5.04. The van der Waals surface area contributed by atoms with Gasteiger partial charge >= 0.3 is 5.97 Å². The Morgan fingerprint density at radius 3 is 2.57 bits per heavy atom. The van der Waals surface area contributed by atoms with E-state index in [-0.39, 0.29) is 0 Å². The highest BCUT2D eigenvalue weighted by Gasteiger charge is 2.40. The summed E-state index contributed by atoms with van der Waals surface area (Å²) in [5.74, 6) is -6.27. The van der Waals surface area contributed by atoms with Gasteiger partial charge in [-0.05, 0) is 37.8 Å². The number of rotatable bonds is 5. The number of hydrogen-bond donors (Lipinski definition) is 1. The monoisotopic (exact) mass is 419 g/mol. The Bertz CT molecular complexity index is 1050. The fourth-order valence-electron chi connectivity index (χ4n) is 3.59. The van der Waals surface area contributed by atoms with Gasteiger partial charge in [0.2, 0.25) is 0 Å². The van der Waals surface area contributed by atoms with E-state index in [1.165, 1.54) is 6.92 Å². The lowest BCUT2D eigenvalue weighted by molar-refractivity contribution is -0.156. The maximum Gasteiger partial charge on any atom is 0.307 e. The first-order chi connectivity index (χ1) is 14.0. The van der Waals surface area contributed by atoms with Gasteiger partial charge in [-0.2, -0.15) is 0 Å². The maximum absolute atomic E-state index is 14.8. The summed E-state index contributed by atoms with van der Waals surface area (Å²) in [5.41, 5.74) is -0.535. The number of nitrogens with one attached hydrogen (secondary N) is 1. The van der Waals surface area contributed by atoms with Gasteiger partial charge in [0.1, 0.15) is 23.4 Å². The average Bonchev–Trinajstić information content (AvgIpc) is 3.11. The number of ketones is 1. The Balaban J connectivity index is 2.08. The predicted octanol–water partition coefficient (Wildman–Crippen LogP) is 5.62. The number of allylic oxidation sites excluding steroid dienone is 4. The van der Waals surface area contributed by atoms with Crippen molar-refractivity contribution >= 4 is 22.7 Å². The van der Waals surface area contributed by atoms with Crippen LogP contribution in [0.1, 0.15) is 45.6 Å². The Labute approximate surface area is 172 Å². The zero-order chi connectivity index (χ0) is 22.2. The number of fused-ring (bicyclic) bond motifs is 1. The summed E-state index contributed by atoms with van der Waals surface area (Å²) in [5, 5.41) is 0.781. The highest BCUT2D eigenvalue weighted by atomic mass is 19.2. The first-order valence-electron chi connectivity index (χ1n) is 9.72. The molecule has 2 aromatic rings. The molecule has 0 saturated carbocycles. The number of carbonyl (C=O) groups excluding carboxylic acids is 2. The Hall–Kier alpha value is -2.83. The normalized spacial score (nSPS) is 20.8. The number of halogens is 3. The van der Waals surface area contributed by atoms with E-state index >= 15 is 0 Å². The van der Waals surface area contributed by atoms with E-state index in [4.69, 9.17) is 4.74 Å². The van der Waals surface area contributed by atoms with Crippen LogP contribution in [-0.4, -0.2) is 28.5 Å². The highest BCUT2D eigenvalue weighted by Crippen LogP contribution is 2.38. The first kappa shape index (κ1) is 21.9. The molecule has 0 amide bonds. The number of para-hydroxylation sites is 1. The number of Topliss-reactive ketones (excluding diaryl/α,β-unsaturated/α-hetero) is 1. The number of alkyl halides is 1. The third-order valence-corrected chi connectivity index (χ3v) is 5.04. The summed E-state index contributed by atoms with van der Waals surface area (Å²) in [6.45, 7) is 6.29. The van der Waals surface area contributed by atoms with Gasteiger partial charge in [-0.3, -0.25) is 9.59 Å². The van der Waals surface area contributed by atoms with Gasteiger partial charge in [0.05, 0.1) is 17.9 Å². The number of carbonyl (C=O) groups is 2. The molecule has 0 fully saturated rings. The summed E-state index contributed by atoms with van der Waals surface area (Å²) in [4.78, 5) is 28.9. The van der Waals surface area contributed by atoms with Gasteiger partial charge in [0.25, 0.3) is 0 Å². The van der Waals surface area contributed by atoms with E-state index in [1.807, 2.05) is 6.07 Å². The fourth-order valence-corrected chi connectivity index (χ4v) is 3.59. The van der Waals surface area contributed by atoms with E-state index < -0.39 is 59.0 Å². The lowest BCUT2D eigenvalue weighted by Gasteiger charge is -2.26. The first-order valence-corrected chi connectivity index (χ1v) is 9.72. The number of hydrogen-bond acceptors (Lipinski definition) is 3. The molecule has 1 heterocycles. The van der Waals surface area contributed by atoms with Crippen LogP contribution in [-0.2, 0) is 14.3 Å². The number of ether oxygens (including phenoxy) is 1. The van der Waals surface area contributed by atoms with Crippen molar-refractivity contribution in [3.05, 3.63) is 59.3 Å². The lowest BCUT2D eigenvalue weighted by atomic mass is 9.81. The molecule has 160 valence electrons. The van der Waals surface area contributed by atoms with Gasteiger partial charge in [-0.1, -0.05) is 25.1 Å². The number of benzene rings is 1. The molecule has 1 aliphatic rings. The van der Waals surface area contributed by atoms with Crippen molar-refractivity contribution in [2.75, 3.05) is 0 Å². The lowest BCUT2D eigenvalue weighted by Crippen LogP contribution is -2.31. The summed E-state index contributed by atoms with van der Waals surface area (Å²) >= 11 is 0. The zero-order valence-corrected chi connectivity index (χ0v) is 17.3. The van der Waals surface area contributed by atoms with Crippen LogP contribution in [0.15, 0.2) is 53.8 Å². The molecule has 1 aromatic heterocycles. The second-order valence-corrected chi connectivity index (χ2v) is 8.48.